The lowest BCUT2D eigenvalue weighted by Gasteiger charge is -2.35. The van der Waals surface area contributed by atoms with Crippen LogP contribution in [0.2, 0.25) is 0 Å². The number of amides is 1. The Bertz CT molecular complexity index is 906. The number of aliphatic carboxylic acids is 1. The maximum Gasteiger partial charge on any atom is 0.410 e. The van der Waals surface area contributed by atoms with E-state index in [1.54, 1.807) is 50.1 Å². The van der Waals surface area contributed by atoms with Gasteiger partial charge >= 0.3 is 12.1 Å². The molecule has 1 amide bonds. The van der Waals surface area contributed by atoms with Crippen LogP contribution in [0.1, 0.15) is 58.0 Å². The number of ether oxygens (including phenoxy) is 1. The molecule has 0 saturated carbocycles. The van der Waals surface area contributed by atoms with Crippen molar-refractivity contribution < 1.29 is 19.4 Å². The van der Waals surface area contributed by atoms with E-state index in [1.807, 2.05) is 13.8 Å². The fourth-order valence-electron chi connectivity index (χ4n) is 3.80. The fourth-order valence-corrected chi connectivity index (χ4v) is 3.80. The van der Waals surface area contributed by atoms with E-state index < -0.39 is 29.1 Å². The van der Waals surface area contributed by atoms with Crippen LogP contribution in [0.4, 0.5) is 4.79 Å². The van der Waals surface area contributed by atoms with E-state index >= 15 is 0 Å². The molecule has 2 unspecified atom stereocenters. The summed E-state index contributed by atoms with van der Waals surface area (Å²) in [6.07, 6.45) is 5.04. The molecule has 2 aromatic rings. The normalized spacial score (nSPS) is 22.0. The predicted octanol–water partition coefficient (Wildman–Crippen LogP) is 3.13. The highest BCUT2D eigenvalue weighted by atomic mass is 16.6. The fraction of sp³-hybridized carbons (Fsp3) is 0.550. The van der Waals surface area contributed by atoms with E-state index in [0.717, 1.165) is 0 Å². The van der Waals surface area contributed by atoms with Crippen LogP contribution in [0.3, 0.4) is 0 Å². The lowest BCUT2D eigenvalue weighted by atomic mass is 9.76. The Labute approximate surface area is 169 Å². The van der Waals surface area contributed by atoms with Gasteiger partial charge in [-0.15, -0.1) is 0 Å². The van der Waals surface area contributed by atoms with Gasteiger partial charge in [0.05, 0.1) is 17.2 Å². The number of hydrogen-bond donors (Lipinski definition) is 1. The molecule has 1 saturated heterocycles. The largest absolute Gasteiger partial charge is 0.481 e. The summed E-state index contributed by atoms with van der Waals surface area (Å²) >= 11 is 0. The van der Waals surface area contributed by atoms with Crippen molar-refractivity contribution in [2.45, 2.75) is 59.1 Å². The quantitative estimate of drug-likeness (QED) is 0.838. The first-order chi connectivity index (χ1) is 13.6. The van der Waals surface area contributed by atoms with Crippen molar-refractivity contribution in [1.82, 2.24) is 24.4 Å². The van der Waals surface area contributed by atoms with Crippen LogP contribution >= 0.6 is 0 Å². The number of aromatic nitrogens is 4. The Morgan fingerprint density at radius 3 is 2.62 bits per heavy atom. The second-order valence-electron chi connectivity index (χ2n) is 8.35. The molecule has 1 aliphatic rings. The first kappa shape index (κ1) is 20.8. The van der Waals surface area contributed by atoms with E-state index in [9.17, 15) is 14.7 Å². The summed E-state index contributed by atoms with van der Waals surface area (Å²) in [6.45, 7) is 9.27. The number of nitrogens with zero attached hydrogens (tertiary/aromatic N) is 5. The molecular formula is C20H27N5O4. The van der Waals surface area contributed by atoms with Gasteiger partial charge in [0.1, 0.15) is 11.9 Å². The number of hydrogen-bond acceptors (Lipinski definition) is 6. The number of likely N-dealkylation sites (tertiary alicyclic amines) is 1. The first-order valence-electron chi connectivity index (χ1n) is 9.64. The van der Waals surface area contributed by atoms with E-state index in [-0.39, 0.29) is 6.54 Å². The van der Waals surface area contributed by atoms with Crippen LogP contribution in [0.15, 0.2) is 24.8 Å². The summed E-state index contributed by atoms with van der Waals surface area (Å²) in [5.41, 5.74) is -0.686. The Morgan fingerprint density at radius 1 is 1.34 bits per heavy atom. The number of carboxylic acids is 1. The third-order valence-corrected chi connectivity index (χ3v) is 5.20. The number of aryl methyl sites for hydroxylation is 1. The Kier molecular flexibility index (Phi) is 5.34. The van der Waals surface area contributed by atoms with Crippen LogP contribution < -0.4 is 0 Å². The summed E-state index contributed by atoms with van der Waals surface area (Å²) in [4.78, 5) is 39.8. The predicted molar refractivity (Wildman–Crippen MR) is 105 cm³/mol. The molecule has 1 fully saturated rings. The molecule has 0 aliphatic carbocycles. The van der Waals surface area contributed by atoms with Gasteiger partial charge in [-0.2, -0.15) is 0 Å². The maximum absolute atomic E-state index is 12.9. The van der Waals surface area contributed by atoms with Crippen LogP contribution in [0, 0.1) is 12.3 Å². The van der Waals surface area contributed by atoms with Gasteiger partial charge in [-0.1, -0.05) is 6.92 Å². The van der Waals surface area contributed by atoms with Gasteiger partial charge in [-0.3, -0.25) is 14.3 Å². The van der Waals surface area contributed by atoms with Crippen LogP contribution in [0.25, 0.3) is 5.95 Å². The zero-order valence-corrected chi connectivity index (χ0v) is 17.4. The van der Waals surface area contributed by atoms with Gasteiger partial charge in [0.2, 0.25) is 5.95 Å². The minimum Gasteiger partial charge on any atom is -0.481 e. The second-order valence-corrected chi connectivity index (χ2v) is 8.35. The Balaban J connectivity index is 2.11. The molecular weight excluding hydrogens is 374 g/mol. The highest BCUT2D eigenvalue weighted by Crippen LogP contribution is 2.49. The molecule has 2 atom stereocenters. The van der Waals surface area contributed by atoms with Crippen molar-refractivity contribution in [2.24, 2.45) is 5.41 Å². The SMILES string of the molecule is CCC1(C(=O)O)CCN(C(=O)OC(C)(C)C)C1c1cc(C)nc(-n2ccnc2)n1. The summed E-state index contributed by atoms with van der Waals surface area (Å²) in [5, 5.41) is 10.1. The molecule has 0 bridgehead atoms. The monoisotopic (exact) mass is 401 g/mol. The van der Waals surface area contributed by atoms with Crippen LogP contribution in [-0.4, -0.2) is 53.7 Å². The molecule has 1 aliphatic heterocycles. The van der Waals surface area contributed by atoms with Gasteiger partial charge in [-0.05, 0) is 46.6 Å². The summed E-state index contributed by atoms with van der Waals surface area (Å²) in [5.74, 6) is -0.569. The lowest BCUT2D eigenvalue weighted by molar-refractivity contribution is -0.151. The maximum atomic E-state index is 12.9. The van der Waals surface area contributed by atoms with Crippen molar-refractivity contribution in [1.29, 1.82) is 0 Å². The Hall–Kier alpha value is -2.97. The zero-order chi connectivity index (χ0) is 21.4. The van der Waals surface area contributed by atoms with Gasteiger partial charge in [0, 0.05) is 24.6 Å². The molecule has 0 aromatic carbocycles. The van der Waals surface area contributed by atoms with E-state index in [4.69, 9.17) is 4.74 Å². The van der Waals surface area contributed by atoms with Crippen molar-refractivity contribution in [3.05, 3.63) is 36.2 Å². The topological polar surface area (TPSA) is 110 Å². The average Bonchev–Trinajstić information content (AvgIpc) is 3.28. The molecule has 3 heterocycles. The molecule has 9 nitrogen and oxygen atoms in total. The number of carbonyl (C=O) groups is 2. The number of carbonyl (C=O) groups excluding carboxylic acids is 1. The highest BCUT2D eigenvalue weighted by molar-refractivity contribution is 5.79. The Morgan fingerprint density at radius 2 is 2.07 bits per heavy atom. The zero-order valence-electron chi connectivity index (χ0n) is 17.4. The molecule has 2 aromatic heterocycles. The van der Waals surface area contributed by atoms with Gasteiger partial charge in [0.15, 0.2) is 0 Å². The van der Waals surface area contributed by atoms with Crippen LogP contribution in [-0.2, 0) is 9.53 Å². The van der Waals surface area contributed by atoms with Crippen molar-refractivity contribution in [3.63, 3.8) is 0 Å². The molecule has 29 heavy (non-hydrogen) atoms. The third-order valence-electron chi connectivity index (χ3n) is 5.20. The van der Waals surface area contributed by atoms with E-state index in [2.05, 4.69) is 15.0 Å². The lowest BCUT2D eigenvalue weighted by Crippen LogP contribution is -2.42. The molecule has 9 heteroatoms. The summed E-state index contributed by atoms with van der Waals surface area (Å²) < 4.78 is 7.21. The number of carboxylic acid groups (broad SMARTS) is 1. The van der Waals surface area contributed by atoms with Crippen molar-refractivity contribution in [2.75, 3.05) is 6.54 Å². The van der Waals surface area contributed by atoms with Crippen molar-refractivity contribution in [3.8, 4) is 5.95 Å². The van der Waals surface area contributed by atoms with Crippen molar-refractivity contribution >= 4 is 12.1 Å². The van der Waals surface area contributed by atoms with Gasteiger partial charge < -0.3 is 9.84 Å². The van der Waals surface area contributed by atoms with Gasteiger partial charge in [0.25, 0.3) is 0 Å². The smallest absolute Gasteiger partial charge is 0.410 e. The minimum absolute atomic E-state index is 0.281. The van der Waals surface area contributed by atoms with E-state index in [1.165, 1.54) is 4.90 Å². The molecule has 3 rings (SSSR count). The molecule has 156 valence electrons. The number of rotatable bonds is 4. The second kappa shape index (κ2) is 7.46. The van der Waals surface area contributed by atoms with E-state index in [0.29, 0.717) is 30.2 Å². The van der Waals surface area contributed by atoms with Crippen LogP contribution in [0.5, 0.6) is 0 Å². The highest BCUT2D eigenvalue weighted by Gasteiger charge is 2.55. The third kappa shape index (κ3) is 3.94. The summed E-state index contributed by atoms with van der Waals surface area (Å²) in [6, 6.07) is 0.977. The average molecular weight is 401 g/mol. The standard InChI is InChI=1S/C20H27N5O4/c1-6-20(16(26)27)7-9-25(18(28)29-19(3,4)5)15(20)14-11-13(2)22-17(23-14)24-10-8-21-12-24/h8,10-12,15H,6-7,9H2,1-5H3,(H,26,27). The minimum atomic E-state index is -1.15. The number of imidazole rings is 1. The summed E-state index contributed by atoms with van der Waals surface area (Å²) in [7, 11) is 0. The first-order valence-corrected chi connectivity index (χ1v) is 9.64. The molecule has 1 N–H and O–H groups in total. The van der Waals surface area contributed by atoms with Gasteiger partial charge in [-0.25, -0.2) is 19.7 Å². The molecule has 0 spiro atoms. The molecule has 0 radical (unpaired) electrons.